The molecule has 1 saturated carbocycles. The van der Waals surface area contributed by atoms with Gasteiger partial charge in [-0.25, -0.2) is 4.98 Å². The van der Waals surface area contributed by atoms with Crippen molar-refractivity contribution in [3.05, 3.63) is 28.0 Å². The van der Waals surface area contributed by atoms with Crippen molar-refractivity contribution in [3.63, 3.8) is 0 Å². The third-order valence-electron chi connectivity index (χ3n) is 4.45. The van der Waals surface area contributed by atoms with Crippen LogP contribution in [0, 0.1) is 5.92 Å². The molecule has 0 spiro atoms. The van der Waals surface area contributed by atoms with Crippen molar-refractivity contribution in [2.75, 3.05) is 6.61 Å². The Morgan fingerprint density at radius 1 is 1.19 bits per heavy atom. The van der Waals surface area contributed by atoms with E-state index in [0.29, 0.717) is 27.9 Å². The summed E-state index contributed by atoms with van der Waals surface area (Å²) in [6.45, 7) is 0.800. The highest BCUT2D eigenvalue weighted by atomic mass is 35.5. The molecule has 4 rings (SSSR count). The van der Waals surface area contributed by atoms with E-state index in [4.69, 9.17) is 39.5 Å². The van der Waals surface area contributed by atoms with E-state index in [2.05, 4.69) is 9.55 Å². The van der Waals surface area contributed by atoms with Gasteiger partial charge in [0.15, 0.2) is 0 Å². The first-order valence-corrected chi connectivity index (χ1v) is 8.51. The van der Waals surface area contributed by atoms with Crippen LogP contribution in [0.4, 0.5) is 0 Å². The van der Waals surface area contributed by atoms with Crippen molar-refractivity contribution in [1.29, 1.82) is 0 Å². The molecule has 0 amide bonds. The summed E-state index contributed by atoms with van der Waals surface area (Å²) in [5.41, 5.74) is 1.85. The number of hydrogen-bond donors (Lipinski definition) is 0. The highest BCUT2D eigenvalue weighted by Gasteiger charge is 2.42. The van der Waals surface area contributed by atoms with Gasteiger partial charge in [0.25, 0.3) is 0 Å². The summed E-state index contributed by atoms with van der Waals surface area (Å²) in [7, 11) is 0. The van der Waals surface area contributed by atoms with Crippen LogP contribution >= 0.6 is 34.8 Å². The van der Waals surface area contributed by atoms with Gasteiger partial charge in [0.1, 0.15) is 5.82 Å². The number of nitrogens with zero attached hydrogens (tertiary/aromatic N) is 2. The molecule has 3 nitrogen and oxygen atoms in total. The molecule has 21 heavy (non-hydrogen) atoms. The predicted molar refractivity (Wildman–Crippen MR) is 85.4 cm³/mol. The molecular formula is C15H15Cl3N2O. The maximum atomic E-state index is 6.19. The average molecular weight is 346 g/mol. The van der Waals surface area contributed by atoms with Crippen LogP contribution in [-0.4, -0.2) is 22.3 Å². The molecule has 0 bridgehead atoms. The molecule has 2 fully saturated rings. The molecule has 6 heteroatoms. The van der Waals surface area contributed by atoms with Gasteiger partial charge >= 0.3 is 0 Å². The van der Waals surface area contributed by atoms with E-state index >= 15 is 0 Å². The van der Waals surface area contributed by atoms with Crippen molar-refractivity contribution in [2.24, 2.45) is 5.92 Å². The summed E-state index contributed by atoms with van der Waals surface area (Å²) in [4.78, 5) is 4.62. The zero-order valence-corrected chi connectivity index (χ0v) is 13.6. The third-order valence-corrected chi connectivity index (χ3v) is 5.41. The number of alkyl halides is 1. The summed E-state index contributed by atoms with van der Waals surface area (Å²) in [5.74, 6) is 1.92. The zero-order valence-electron chi connectivity index (χ0n) is 11.4. The van der Waals surface area contributed by atoms with Gasteiger partial charge in [-0.05, 0) is 37.3 Å². The van der Waals surface area contributed by atoms with E-state index in [-0.39, 0.29) is 6.10 Å². The number of imidazole rings is 1. The fourth-order valence-electron chi connectivity index (χ4n) is 3.36. The molecular weight excluding hydrogens is 331 g/mol. The number of ether oxygens (including phenoxy) is 1. The fraction of sp³-hybridized carbons (Fsp3) is 0.533. The Morgan fingerprint density at radius 2 is 1.95 bits per heavy atom. The van der Waals surface area contributed by atoms with Gasteiger partial charge in [0.05, 0.1) is 39.1 Å². The second-order valence-electron chi connectivity index (χ2n) is 5.82. The number of benzene rings is 1. The second kappa shape index (κ2) is 5.31. The maximum absolute atomic E-state index is 6.19. The van der Waals surface area contributed by atoms with Gasteiger partial charge in [0.2, 0.25) is 0 Å². The van der Waals surface area contributed by atoms with E-state index in [0.717, 1.165) is 29.9 Å². The topological polar surface area (TPSA) is 27.1 Å². The normalized spacial score (nSPS) is 25.9. The third kappa shape index (κ3) is 2.35. The molecule has 1 saturated heterocycles. The first-order chi connectivity index (χ1) is 10.2. The van der Waals surface area contributed by atoms with Crippen molar-refractivity contribution < 1.29 is 4.74 Å². The van der Waals surface area contributed by atoms with E-state index in [1.165, 1.54) is 12.8 Å². The molecule has 0 radical (unpaired) electrons. The Morgan fingerprint density at radius 3 is 2.67 bits per heavy atom. The quantitative estimate of drug-likeness (QED) is 0.746. The molecule has 2 unspecified atom stereocenters. The summed E-state index contributed by atoms with van der Waals surface area (Å²) in [6.07, 6.45) is 3.79. The monoisotopic (exact) mass is 344 g/mol. The first-order valence-electron chi connectivity index (χ1n) is 7.22. The van der Waals surface area contributed by atoms with Crippen LogP contribution in [0.15, 0.2) is 12.1 Å². The van der Waals surface area contributed by atoms with Crippen molar-refractivity contribution in [1.82, 2.24) is 9.55 Å². The lowest BCUT2D eigenvalue weighted by Gasteiger charge is -2.22. The van der Waals surface area contributed by atoms with E-state index in [1.807, 2.05) is 12.1 Å². The summed E-state index contributed by atoms with van der Waals surface area (Å²) in [5, 5.41) is 1.07. The fourth-order valence-corrected chi connectivity index (χ4v) is 3.86. The van der Waals surface area contributed by atoms with Crippen molar-refractivity contribution in [3.8, 4) is 0 Å². The van der Waals surface area contributed by atoms with Crippen LogP contribution in [0.5, 0.6) is 0 Å². The number of rotatable bonds is 3. The van der Waals surface area contributed by atoms with Crippen molar-refractivity contribution in [2.45, 2.75) is 37.3 Å². The van der Waals surface area contributed by atoms with Gasteiger partial charge in [-0.3, -0.25) is 0 Å². The molecule has 2 atom stereocenters. The molecule has 1 aliphatic carbocycles. The van der Waals surface area contributed by atoms with Crippen LogP contribution in [0.1, 0.15) is 31.1 Å². The van der Waals surface area contributed by atoms with Crippen LogP contribution in [0.2, 0.25) is 10.0 Å². The summed E-state index contributed by atoms with van der Waals surface area (Å²) >= 11 is 18.4. The molecule has 2 aliphatic rings. The lowest BCUT2D eigenvalue weighted by Crippen LogP contribution is -2.23. The van der Waals surface area contributed by atoms with E-state index < -0.39 is 0 Å². The van der Waals surface area contributed by atoms with Gasteiger partial charge < -0.3 is 9.30 Å². The Labute approximate surface area is 138 Å². The van der Waals surface area contributed by atoms with Gasteiger partial charge in [-0.2, -0.15) is 0 Å². The highest BCUT2D eigenvalue weighted by Crippen LogP contribution is 2.45. The number of fused-ring (bicyclic) bond motifs is 1. The summed E-state index contributed by atoms with van der Waals surface area (Å²) in [6, 6.07) is 4.01. The Balaban J connectivity index is 1.87. The summed E-state index contributed by atoms with van der Waals surface area (Å²) < 4.78 is 8.19. The Kier molecular flexibility index (Phi) is 3.57. The maximum Gasteiger partial charge on any atom is 0.125 e. The second-order valence-corrected chi connectivity index (χ2v) is 6.90. The highest BCUT2D eigenvalue weighted by molar-refractivity contribution is 6.42. The molecule has 1 aromatic carbocycles. The van der Waals surface area contributed by atoms with E-state index in [9.17, 15) is 0 Å². The van der Waals surface area contributed by atoms with E-state index in [1.54, 1.807) is 0 Å². The zero-order chi connectivity index (χ0) is 14.6. The Hall–Kier alpha value is -0.480. The number of halogens is 3. The van der Waals surface area contributed by atoms with Crippen LogP contribution in [0.25, 0.3) is 11.0 Å². The van der Waals surface area contributed by atoms with Crippen LogP contribution < -0.4 is 0 Å². The first kappa shape index (κ1) is 14.1. The number of aromatic nitrogens is 2. The molecule has 112 valence electrons. The minimum atomic E-state index is 0.277. The molecule has 0 N–H and O–H groups in total. The molecule has 1 aromatic heterocycles. The van der Waals surface area contributed by atoms with Crippen LogP contribution in [-0.2, 0) is 10.6 Å². The molecule has 1 aliphatic heterocycles. The SMILES string of the molecule is ClCc1nc2cc(Cl)c(Cl)cc2n1C1CCOC1C1CC1. The molecule has 2 heterocycles. The standard InChI is InChI=1S/C15H15Cl3N2O/c16-7-14-19-11-5-9(17)10(18)6-13(11)20(14)12-3-4-21-15(12)8-1-2-8/h5-6,8,12,15H,1-4,7H2. The lowest BCUT2D eigenvalue weighted by molar-refractivity contribution is 0.0754. The van der Waals surface area contributed by atoms with Gasteiger partial charge in [-0.15, -0.1) is 11.6 Å². The smallest absolute Gasteiger partial charge is 0.125 e. The van der Waals surface area contributed by atoms with Crippen LogP contribution in [0.3, 0.4) is 0 Å². The predicted octanol–water partition coefficient (Wildman–Crippen LogP) is 4.82. The minimum absolute atomic E-state index is 0.277. The van der Waals surface area contributed by atoms with Gasteiger partial charge in [-0.1, -0.05) is 23.2 Å². The minimum Gasteiger partial charge on any atom is -0.376 e. The average Bonchev–Trinajstić information content (AvgIpc) is 3.10. The number of hydrogen-bond acceptors (Lipinski definition) is 2. The van der Waals surface area contributed by atoms with Gasteiger partial charge in [0, 0.05) is 6.61 Å². The van der Waals surface area contributed by atoms with Crippen molar-refractivity contribution >= 4 is 45.8 Å². The Bertz CT molecular complexity index is 696. The lowest BCUT2D eigenvalue weighted by atomic mass is 10.1. The largest absolute Gasteiger partial charge is 0.376 e. The molecule has 2 aromatic rings.